The van der Waals surface area contributed by atoms with Gasteiger partial charge in [0.15, 0.2) is 0 Å². The number of methoxy groups -OCH3 is 2. The van der Waals surface area contributed by atoms with E-state index in [0.29, 0.717) is 5.69 Å². The molecular formula is C18H22BrNO5. The molecule has 7 heteroatoms. The van der Waals surface area contributed by atoms with Gasteiger partial charge in [0.2, 0.25) is 0 Å². The van der Waals surface area contributed by atoms with E-state index in [4.69, 9.17) is 14.2 Å². The van der Waals surface area contributed by atoms with E-state index >= 15 is 0 Å². The van der Waals surface area contributed by atoms with E-state index in [9.17, 15) is 9.59 Å². The molecule has 1 heterocycles. The van der Waals surface area contributed by atoms with Crippen LogP contribution in [0.15, 0.2) is 33.9 Å². The molecule has 0 amide bonds. The van der Waals surface area contributed by atoms with Gasteiger partial charge in [-0.2, -0.15) is 0 Å². The molecule has 136 valence electrons. The van der Waals surface area contributed by atoms with Gasteiger partial charge < -0.3 is 19.1 Å². The highest BCUT2D eigenvalue weighted by molar-refractivity contribution is 9.10. The summed E-state index contributed by atoms with van der Waals surface area (Å²) in [6, 6.07) is 5.87. The van der Waals surface area contributed by atoms with Crippen LogP contribution in [-0.4, -0.2) is 39.5 Å². The lowest BCUT2D eigenvalue weighted by Gasteiger charge is -2.32. The third-order valence-electron chi connectivity index (χ3n) is 3.94. The molecule has 0 atom stereocenters. The van der Waals surface area contributed by atoms with Crippen molar-refractivity contribution in [2.45, 2.75) is 26.2 Å². The number of hydrogen-bond donors (Lipinski definition) is 0. The first-order chi connectivity index (χ1) is 11.7. The second kappa shape index (κ2) is 7.58. The summed E-state index contributed by atoms with van der Waals surface area (Å²) in [7, 11) is 2.53. The topological polar surface area (TPSA) is 65.1 Å². The zero-order valence-corrected chi connectivity index (χ0v) is 16.6. The predicted molar refractivity (Wildman–Crippen MR) is 97.2 cm³/mol. The number of anilines is 1. The molecule has 0 N–H and O–H groups in total. The molecule has 0 fully saturated rings. The molecule has 0 saturated carbocycles. The summed E-state index contributed by atoms with van der Waals surface area (Å²) in [6.07, 6.45) is 0. The SMILES string of the molecule is COC(=O)C1=C(C(=O)OC)N(c2ccc(C(C)(C)C)cc2Br)COC1. The van der Waals surface area contributed by atoms with Crippen LogP contribution >= 0.6 is 15.9 Å². The number of carbonyl (C=O) groups excluding carboxylic acids is 2. The van der Waals surface area contributed by atoms with E-state index in [-0.39, 0.29) is 30.0 Å². The minimum absolute atomic E-state index is 0.00863. The molecule has 0 spiro atoms. The molecular weight excluding hydrogens is 390 g/mol. The van der Waals surface area contributed by atoms with Crippen molar-refractivity contribution in [3.63, 3.8) is 0 Å². The third kappa shape index (κ3) is 4.04. The average molecular weight is 412 g/mol. The van der Waals surface area contributed by atoms with Gasteiger partial charge >= 0.3 is 11.9 Å². The van der Waals surface area contributed by atoms with Crippen molar-refractivity contribution < 1.29 is 23.8 Å². The molecule has 0 aromatic heterocycles. The minimum Gasteiger partial charge on any atom is -0.466 e. The largest absolute Gasteiger partial charge is 0.466 e. The lowest BCUT2D eigenvalue weighted by molar-refractivity contribution is -0.140. The van der Waals surface area contributed by atoms with Crippen molar-refractivity contribution in [1.29, 1.82) is 0 Å². The van der Waals surface area contributed by atoms with E-state index in [1.165, 1.54) is 14.2 Å². The Labute approximate surface area is 155 Å². The maximum absolute atomic E-state index is 12.3. The standard InChI is InChI=1S/C18H22BrNO5/c1-18(2,3)11-6-7-14(13(19)8-11)20-10-25-9-12(16(21)23-4)15(20)17(22)24-5/h6-8H,9-10H2,1-5H3. The van der Waals surface area contributed by atoms with Crippen LogP contribution in [-0.2, 0) is 29.2 Å². The number of carbonyl (C=O) groups is 2. The normalized spacial score (nSPS) is 15.2. The number of hydrogen-bond acceptors (Lipinski definition) is 6. The smallest absolute Gasteiger partial charge is 0.355 e. The highest BCUT2D eigenvalue weighted by Crippen LogP contribution is 2.35. The molecule has 2 rings (SSSR count). The van der Waals surface area contributed by atoms with Crippen molar-refractivity contribution in [3.8, 4) is 0 Å². The number of esters is 2. The van der Waals surface area contributed by atoms with Gasteiger partial charge in [0, 0.05) is 4.47 Å². The van der Waals surface area contributed by atoms with Gasteiger partial charge in [-0.15, -0.1) is 0 Å². The van der Waals surface area contributed by atoms with Gasteiger partial charge in [0.25, 0.3) is 0 Å². The van der Waals surface area contributed by atoms with Gasteiger partial charge in [-0.1, -0.05) is 26.8 Å². The number of nitrogens with zero attached hydrogens (tertiary/aromatic N) is 1. The van der Waals surface area contributed by atoms with Gasteiger partial charge in [0.05, 0.1) is 32.1 Å². The zero-order chi connectivity index (χ0) is 18.8. The Morgan fingerprint density at radius 2 is 1.80 bits per heavy atom. The zero-order valence-electron chi connectivity index (χ0n) is 15.0. The Hall–Kier alpha value is -1.86. The van der Waals surface area contributed by atoms with Crippen LogP contribution < -0.4 is 4.90 Å². The molecule has 0 saturated heterocycles. The Balaban J connectivity index is 2.56. The number of rotatable bonds is 3. The van der Waals surface area contributed by atoms with Crippen LogP contribution in [0.1, 0.15) is 26.3 Å². The van der Waals surface area contributed by atoms with Crippen molar-refractivity contribution in [1.82, 2.24) is 0 Å². The second-order valence-electron chi connectivity index (χ2n) is 6.63. The van der Waals surface area contributed by atoms with Crippen LogP contribution in [0.2, 0.25) is 0 Å². The lowest BCUT2D eigenvalue weighted by Crippen LogP contribution is -2.39. The van der Waals surface area contributed by atoms with Crippen LogP contribution in [0.4, 0.5) is 5.69 Å². The fourth-order valence-electron chi connectivity index (χ4n) is 2.53. The summed E-state index contributed by atoms with van der Waals surface area (Å²) in [6.45, 7) is 6.47. The Morgan fingerprint density at radius 3 is 2.32 bits per heavy atom. The Bertz CT molecular complexity index is 721. The molecule has 1 aliphatic rings. The number of benzene rings is 1. The van der Waals surface area contributed by atoms with Crippen LogP contribution in [0.5, 0.6) is 0 Å². The van der Waals surface area contributed by atoms with Crippen molar-refractivity contribution >= 4 is 33.6 Å². The highest BCUT2D eigenvalue weighted by Gasteiger charge is 2.33. The van der Waals surface area contributed by atoms with Crippen molar-refractivity contribution in [3.05, 3.63) is 39.5 Å². The first-order valence-electron chi connectivity index (χ1n) is 7.75. The van der Waals surface area contributed by atoms with Gasteiger partial charge in [0.1, 0.15) is 12.4 Å². The molecule has 25 heavy (non-hydrogen) atoms. The number of halogens is 1. The highest BCUT2D eigenvalue weighted by atomic mass is 79.9. The first kappa shape index (κ1) is 19.5. The maximum Gasteiger partial charge on any atom is 0.355 e. The molecule has 6 nitrogen and oxygen atoms in total. The van der Waals surface area contributed by atoms with E-state index in [1.807, 2.05) is 18.2 Å². The minimum atomic E-state index is -0.618. The van der Waals surface area contributed by atoms with Gasteiger partial charge in [-0.3, -0.25) is 0 Å². The monoisotopic (exact) mass is 411 g/mol. The van der Waals surface area contributed by atoms with E-state index < -0.39 is 11.9 Å². The molecule has 1 aliphatic heterocycles. The summed E-state index contributed by atoms with van der Waals surface area (Å²) in [4.78, 5) is 26.0. The molecule has 0 bridgehead atoms. The predicted octanol–water partition coefficient (Wildman–Crippen LogP) is 3.14. The first-order valence-corrected chi connectivity index (χ1v) is 8.55. The summed E-state index contributed by atoms with van der Waals surface area (Å²) >= 11 is 3.56. The molecule has 0 radical (unpaired) electrons. The summed E-state index contributed by atoms with van der Waals surface area (Å²) in [5, 5.41) is 0. The third-order valence-corrected chi connectivity index (χ3v) is 4.57. The second-order valence-corrected chi connectivity index (χ2v) is 7.49. The average Bonchev–Trinajstić information content (AvgIpc) is 2.58. The molecule has 0 unspecified atom stereocenters. The van der Waals surface area contributed by atoms with Gasteiger partial charge in [-0.25, -0.2) is 9.59 Å². The molecule has 1 aromatic rings. The number of ether oxygens (including phenoxy) is 3. The van der Waals surface area contributed by atoms with Crippen molar-refractivity contribution in [2.24, 2.45) is 0 Å². The quantitative estimate of drug-likeness (QED) is 0.711. The summed E-state index contributed by atoms with van der Waals surface area (Å²) in [5.41, 5.74) is 2.09. The van der Waals surface area contributed by atoms with Crippen LogP contribution in [0, 0.1) is 0 Å². The van der Waals surface area contributed by atoms with E-state index in [1.54, 1.807) is 4.90 Å². The lowest BCUT2D eigenvalue weighted by atomic mass is 9.87. The molecule has 1 aromatic carbocycles. The van der Waals surface area contributed by atoms with Gasteiger partial charge in [-0.05, 0) is 39.0 Å². The van der Waals surface area contributed by atoms with E-state index in [2.05, 4.69) is 36.7 Å². The van der Waals surface area contributed by atoms with Crippen molar-refractivity contribution in [2.75, 3.05) is 32.5 Å². The molecule has 0 aliphatic carbocycles. The fraction of sp³-hybridized carbons (Fsp3) is 0.444. The summed E-state index contributed by atoms with van der Waals surface area (Å²) in [5.74, 6) is -1.23. The fourth-order valence-corrected chi connectivity index (χ4v) is 3.12. The van der Waals surface area contributed by atoms with E-state index in [0.717, 1.165) is 10.0 Å². The summed E-state index contributed by atoms with van der Waals surface area (Å²) < 4.78 is 15.9. The van der Waals surface area contributed by atoms with Crippen LogP contribution in [0.25, 0.3) is 0 Å². The Kier molecular flexibility index (Phi) is 5.90. The van der Waals surface area contributed by atoms with Crippen LogP contribution in [0.3, 0.4) is 0 Å². The maximum atomic E-state index is 12.3. The Morgan fingerprint density at radius 1 is 1.16 bits per heavy atom.